The molecular weight excluding hydrogens is 294 g/mol. The van der Waals surface area contributed by atoms with E-state index in [-0.39, 0.29) is 11.8 Å². The predicted molar refractivity (Wildman–Crippen MR) is 87.7 cm³/mol. The van der Waals surface area contributed by atoms with Gasteiger partial charge < -0.3 is 20.7 Å². The predicted octanol–water partition coefficient (Wildman–Crippen LogP) is 0.748. The number of aryl methyl sites for hydroxylation is 1. The molecule has 0 spiro atoms. The van der Waals surface area contributed by atoms with E-state index in [4.69, 9.17) is 10.5 Å². The van der Waals surface area contributed by atoms with Gasteiger partial charge in [-0.2, -0.15) is 0 Å². The summed E-state index contributed by atoms with van der Waals surface area (Å²) >= 11 is 0. The van der Waals surface area contributed by atoms with Crippen LogP contribution in [0.2, 0.25) is 0 Å². The first kappa shape index (κ1) is 17.4. The molecule has 1 saturated heterocycles. The molecule has 0 aliphatic carbocycles. The molecule has 1 aromatic rings. The molecule has 2 amide bonds. The molecule has 1 aliphatic heterocycles. The van der Waals surface area contributed by atoms with Gasteiger partial charge in [-0.15, -0.1) is 0 Å². The Balaban J connectivity index is 1.98. The number of carbonyl (C=O) groups excluding carboxylic acids is 2. The molecule has 0 saturated carbocycles. The van der Waals surface area contributed by atoms with Crippen LogP contribution >= 0.6 is 0 Å². The van der Waals surface area contributed by atoms with Gasteiger partial charge in [-0.1, -0.05) is 36.8 Å². The van der Waals surface area contributed by atoms with Crippen LogP contribution in [-0.4, -0.2) is 49.1 Å². The summed E-state index contributed by atoms with van der Waals surface area (Å²) < 4.78 is 5.25. The van der Waals surface area contributed by atoms with Gasteiger partial charge >= 0.3 is 0 Å². The number of nitrogens with two attached hydrogens (primary N) is 1. The second-order valence-electron chi connectivity index (χ2n) is 5.80. The first-order valence-electron chi connectivity index (χ1n) is 8.02. The van der Waals surface area contributed by atoms with Crippen LogP contribution in [0, 0.1) is 6.92 Å². The maximum absolute atomic E-state index is 12.5. The molecule has 0 radical (unpaired) electrons. The first-order chi connectivity index (χ1) is 11.0. The Hall–Kier alpha value is -1.92. The van der Waals surface area contributed by atoms with Gasteiger partial charge in [0.25, 0.3) is 0 Å². The Morgan fingerprint density at radius 1 is 1.26 bits per heavy atom. The van der Waals surface area contributed by atoms with E-state index in [0.717, 1.165) is 11.1 Å². The summed E-state index contributed by atoms with van der Waals surface area (Å²) in [7, 11) is 0. The fourth-order valence-corrected chi connectivity index (χ4v) is 2.53. The molecule has 0 aromatic heterocycles. The van der Waals surface area contributed by atoms with E-state index in [1.165, 1.54) is 0 Å². The summed E-state index contributed by atoms with van der Waals surface area (Å²) in [5, 5.41) is 2.78. The highest BCUT2D eigenvalue weighted by Crippen LogP contribution is 2.12. The quantitative estimate of drug-likeness (QED) is 0.839. The third-order valence-corrected chi connectivity index (χ3v) is 4.06. The van der Waals surface area contributed by atoms with E-state index in [0.29, 0.717) is 32.7 Å². The molecule has 1 fully saturated rings. The van der Waals surface area contributed by atoms with Crippen molar-refractivity contribution in [3.63, 3.8) is 0 Å². The standard InChI is InChI=1S/C17H25N3O3/c1-3-14(17(22)20-8-10-23-11-9-20)19-16(21)15(18)13-6-4-12(2)5-7-13/h4-7,14-15H,3,8-11,18H2,1-2H3,(H,19,21). The highest BCUT2D eigenvalue weighted by molar-refractivity contribution is 5.90. The largest absolute Gasteiger partial charge is 0.378 e. The number of morpholine rings is 1. The van der Waals surface area contributed by atoms with E-state index >= 15 is 0 Å². The normalized spacial score (nSPS) is 17.4. The second-order valence-corrected chi connectivity index (χ2v) is 5.80. The molecule has 2 unspecified atom stereocenters. The van der Waals surface area contributed by atoms with Crippen LogP contribution in [0.15, 0.2) is 24.3 Å². The zero-order valence-corrected chi connectivity index (χ0v) is 13.7. The summed E-state index contributed by atoms with van der Waals surface area (Å²) in [5.41, 5.74) is 7.86. The monoisotopic (exact) mass is 319 g/mol. The number of carbonyl (C=O) groups is 2. The van der Waals surface area contributed by atoms with Crippen molar-refractivity contribution in [3.05, 3.63) is 35.4 Å². The van der Waals surface area contributed by atoms with Crippen molar-refractivity contribution < 1.29 is 14.3 Å². The Labute approximate surface area is 137 Å². The average molecular weight is 319 g/mol. The minimum Gasteiger partial charge on any atom is -0.378 e. The summed E-state index contributed by atoms with van der Waals surface area (Å²) in [4.78, 5) is 26.6. The SMILES string of the molecule is CCC(NC(=O)C(N)c1ccc(C)cc1)C(=O)N1CCOCC1. The topological polar surface area (TPSA) is 84.7 Å². The van der Waals surface area contributed by atoms with Crippen molar-refractivity contribution in [2.75, 3.05) is 26.3 Å². The zero-order chi connectivity index (χ0) is 16.8. The maximum atomic E-state index is 12.5. The second kappa shape index (κ2) is 8.08. The van der Waals surface area contributed by atoms with Crippen molar-refractivity contribution in [2.24, 2.45) is 5.73 Å². The lowest BCUT2D eigenvalue weighted by molar-refractivity contribution is -0.140. The highest BCUT2D eigenvalue weighted by Gasteiger charge is 2.27. The van der Waals surface area contributed by atoms with Crippen LogP contribution < -0.4 is 11.1 Å². The molecule has 0 bridgehead atoms. The molecule has 2 atom stereocenters. The van der Waals surface area contributed by atoms with Gasteiger partial charge in [-0.05, 0) is 18.9 Å². The summed E-state index contributed by atoms with van der Waals surface area (Å²) in [6, 6.07) is 6.19. The van der Waals surface area contributed by atoms with Crippen LogP contribution in [0.1, 0.15) is 30.5 Å². The van der Waals surface area contributed by atoms with E-state index < -0.39 is 12.1 Å². The first-order valence-corrected chi connectivity index (χ1v) is 8.02. The fourth-order valence-electron chi connectivity index (χ4n) is 2.53. The van der Waals surface area contributed by atoms with Crippen molar-refractivity contribution in [1.82, 2.24) is 10.2 Å². The number of benzene rings is 1. The number of hydrogen-bond donors (Lipinski definition) is 2. The van der Waals surface area contributed by atoms with E-state index in [1.54, 1.807) is 4.90 Å². The average Bonchev–Trinajstić information content (AvgIpc) is 2.59. The van der Waals surface area contributed by atoms with Gasteiger partial charge in [0.15, 0.2) is 0 Å². The summed E-state index contributed by atoms with van der Waals surface area (Å²) in [6.45, 7) is 6.06. The molecule has 6 nitrogen and oxygen atoms in total. The van der Waals surface area contributed by atoms with Crippen molar-refractivity contribution in [3.8, 4) is 0 Å². The third kappa shape index (κ3) is 4.53. The van der Waals surface area contributed by atoms with Crippen molar-refractivity contribution in [1.29, 1.82) is 0 Å². The molecule has 126 valence electrons. The van der Waals surface area contributed by atoms with Gasteiger partial charge in [-0.3, -0.25) is 9.59 Å². The Morgan fingerprint density at radius 3 is 2.43 bits per heavy atom. The number of rotatable bonds is 5. The minimum absolute atomic E-state index is 0.0692. The number of nitrogens with zero attached hydrogens (tertiary/aromatic N) is 1. The lowest BCUT2D eigenvalue weighted by Crippen LogP contribution is -2.52. The smallest absolute Gasteiger partial charge is 0.245 e. The third-order valence-electron chi connectivity index (χ3n) is 4.06. The van der Waals surface area contributed by atoms with Crippen LogP contribution in [0.4, 0.5) is 0 Å². The Morgan fingerprint density at radius 2 is 1.87 bits per heavy atom. The van der Waals surface area contributed by atoms with E-state index in [1.807, 2.05) is 38.1 Å². The van der Waals surface area contributed by atoms with Gasteiger partial charge in [0, 0.05) is 13.1 Å². The molecular formula is C17H25N3O3. The van der Waals surface area contributed by atoms with Gasteiger partial charge in [0.2, 0.25) is 11.8 Å². The molecule has 23 heavy (non-hydrogen) atoms. The number of nitrogens with one attached hydrogen (secondary N) is 1. The van der Waals surface area contributed by atoms with Crippen LogP contribution in [0.25, 0.3) is 0 Å². The molecule has 3 N–H and O–H groups in total. The van der Waals surface area contributed by atoms with Gasteiger partial charge in [0.1, 0.15) is 12.1 Å². The number of amides is 2. The minimum atomic E-state index is -0.776. The van der Waals surface area contributed by atoms with E-state index in [2.05, 4.69) is 5.32 Å². The summed E-state index contributed by atoms with van der Waals surface area (Å²) in [6.07, 6.45) is 0.530. The zero-order valence-electron chi connectivity index (χ0n) is 13.7. The van der Waals surface area contributed by atoms with Crippen LogP contribution in [0.3, 0.4) is 0 Å². The maximum Gasteiger partial charge on any atom is 0.245 e. The Kier molecular flexibility index (Phi) is 6.12. The summed E-state index contributed by atoms with van der Waals surface area (Å²) in [5.74, 6) is -0.400. The molecule has 1 aromatic carbocycles. The highest BCUT2D eigenvalue weighted by atomic mass is 16.5. The van der Waals surface area contributed by atoms with Crippen LogP contribution in [-0.2, 0) is 14.3 Å². The number of hydrogen-bond acceptors (Lipinski definition) is 4. The fraction of sp³-hybridized carbons (Fsp3) is 0.529. The molecule has 1 aliphatic rings. The van der Waals surface area contributed by atoms with Gasteiger partial charge in [-0.25, -0.2) is 0 Å². The lowest BCUT2D eigenvalue weighted by atomic mass is 10.0. The van der Waals surface area contributed by atoms with E-state index in [9.17, 15) is 9.59 Å². The molecule has 1 heterocycles. The van der Waals surface area contributed by atoms with Gasteiger partial charge in [0.05, 0.1) is 13.2 Å². The van der Waals surface area contributed by atoms with Crippen molar-refractivity contribution >= 4 is 11.8 Å². The lowest BCUT2D eigenvalue weighted by Gasteiger charge is -2.30. The van der Waals surface area contributed by atoms with Crippen molar-refractivity contribution in [2.45, 2.75) is 32.4 Å². The molecule has 2 rings (SSSR count). The molecule has 6 heteroatoms. The number of ether oxygens (including phenoxy) is 1. The van der Waals surface area contributed by atoms with Crippen LogP contribution in [0.5, 0.6) is 0 Å². The Bertz CT molecular complexity index is 539.